The molecule has 0 aliphatic carbocycles. The zero-order chi connectivity index (χ0) is 27.6. The Bertz CT molecular complexity index is 1610. The minimum Gasteiger partial charge on any atom is -0.503 e. The maximum absolute atomic E-state index is 13.9. The molecular weight excluding hydrogens is 551 g/mol. The molecule has 0 saturated heterocycles. The zero-order valence-electron chi connectivity index (χ0n) is 21.2. The Kier molecular flexibility index (Phi) is 8.50. The maximum Gasteiger partial charge on any atom is 0.338 e. The Morgan fingerprint density at radius 3 is 2.55 bits per heavy atom. The number of esters is 1. The number of phenols is 1. The molecule has 0 bridgehead atoms. The van der Waals surface area contributed by atoms with Gasteiger partial charge in [-0.1, -0.05) is 47.9 Å². The van der Waals surface area contributed by atoms with Gasteiger partial charge in [0.1, 0.15) is 11.8 Å². The Labute approximate surface area is 233 Å². The van der Waals surface area contributed by atoms with Gasteiger partial charge in [0.05, 0.1) is 41.7 Å². The number of carbonyl (C=O) groups is 1. The van der Waals surface area contributed by atoms with Crippen LogP contribution in [0.25, 0.3) is 6.08 Å². The summed E-state index contributed by atoms with van der Waals surface area (Å²) in [7, 11) is 2.92. The first kappa shape index (κ1) is 27.8. The van der Waals surface area contributed by atoms with Crippen LogP contribution in [0, 0.1) is 0 Å². The SMILES string of the molecule is CCCC1=C(C(=O)OCC)[C@H](c2cc(Cl)ccc2OC)n2c(s/c(=C/c3cc(Cl)c(O)c(OC)c3)c2=O)=N1. The van der Waals surface area contributed by atoms with Gasteiger partial charge < -0.3 is 19.3 Å². The van der Waals surface area contributed by atoms with E-state index in [1.807, 2.05) is 6.92 Å². The summed E-state index contributed by atoms with van der Waals surface area (Å²) in [6.07, 6.45) is 2.86. The fraction of sp³-hybridized carbons (Fsp3) is 0.296. The van der Waals surface area contributed by atoms with Crippen LogP contribution >= 0.6 is 34.5 Å². The number of halogens is 2. The number of phenolic OH excluding ortho intramolecular Hbond substituents is 1. The average molecular weight is 577 g/mol. The Morgan fingerprint density at radius 2 is 1.89 bits per heavy atom. The first-order valence-corrected chi connectivity index (χ1v) is 13.4. The molecule has 8 nitrogen and oxygen atoms in total. The molecule has 0 saturated carbocycles. The number of fused-ring (bicyclic) bond motifs is 1. The summed E-state index contributed by atoms with van der Waals surface area (Å²) < 4.78 is 18.0. The number of benzene rings is 2. The first-order chi connectivity index (χ1) is 18.2. The normalized spacial score (nSPS) is 15.2. The molecule has 1 N–H and O–H groups in total. The lowest BCUT2D eigenvalue weighted by molar-refractivity contribution is -0.139. The summed E-state index contributed by atoms with van der Waals surface area (Å²) in [5.74, 6) is -0.114. The monoisotopic (exact) mass is 576 g/mol. The number of hydrogen-bond acceptors (Lipinski definition) is 8. The molecule has 0 amide bonds. The summed E-state index contributed by atoms with van der Waals surface area (Å²) in [6, 6.07) is 7.28. The number of carbonyl (C=O) groups excluding carboxylic acids is 1. The number of aromatic hydroxyl groups is 1. The molecule has 38 heavy (non-hydrogen) atoms. The lowest BCUT2D eigenvalue weighted by Crippen LogP contribution is -2.40. The standard InChI is InChI=1S/C27H26Cl2N2O6S/c1-5-7-18-22(26(34)37-6-2)23(16-13-15(28)8-9-19(16)35-3)31-25(33)21(38-27(31)30-18)12-14-10-17(29)24(32)20(11-14)36-4/h8-13,23,32H,5-7H2,1-4H3/b21-12+/t23-/m0/s1. The van der Waals surface area contributed by atoms with Gasteiger partial charge in [0.2, 0.25) is 0 Å². The minimum atomic E-state index is -0.874. The molecule has 3 aromatic rings. The first-order valence-electron chi connectivity index (χ1n) is 11.9. The van der Waals surface area contributed by atoms with E-state index in [4.69, 9.17) is 42.4 Å². The van der Waals surface area contributed by atoms with Gasteiger partial charge in [0, 0.05) is 10.6 Å². The summed E-state index contributed by atoms with van der Waals surface area (Å²) in [6.45, 7) is 3.87. The fourth-order valence-electron chi connectivity index (χ4n) is 4.32. The van der Waals surface area contributed by atoms with Crippen LogP contribution in [0.1, 0.15) is 43.9 Å². The average Bonchev–Trinajstić information content (AvgIpc) is 3.19. The van der Waals surface area contributed by atoms with Gasteiger partial charge in [-0.3, -0.25) is 9.36 Å². The van der Waals surface area contributed by atoms with Gasteiger partial charge in [-0.15, -0.1) is 0 Å². The van der Waals surface area contributed by atoms with Crippen LogP contribution in [0.2, 0.25) is 10.0 Å². The van der Waals surface area contributed by atoms with Crippen molar-refractivity contribution in [1.29, 1.82) is 0 Å². The van der Waals surface area contributed by atoms with Crippen LogP contribution in [0.15, 0.2) is 51.4 Å². The van der Waals surface area contributed by atoms with E-state index >= 15 is 0 Å². The van der Waals surface area contributed by atoms with Crippen molar-refractivity contribution < 1.29 is 24.1 Å². The third-order valence-corrected chi connectivity index (χ3v) is 7.45. The molecule has 1 aliphatic heterocycles. The molecule has 2 heterocycles. The van der Waals surface area contributed by atoms with E-state index in [1.165, 1.54) is 36.2 Å². The second-order valence-corrected chi connectivity index (χ2v) is 10.2. The van der Waals surface area contributed by atoms with E-state index in [2.05, 4.69) is 0 Å². The molecule has 1 aromatic heterocycles. The number of rotatable bonds is 8. The van der Waals surface area contributed by atoms with Crippen LogP contribution in [0.5, 0.6) is 17.2 Å². The molecule has 200 valence electrons. The van der Waals surface area contributed by atoms with E-state index in [0.717, 1.165) is 6.42 Å². The van der Waals surface area contributed by atoms with E-state index < -0.39 is 12.0 Å². The number of methoxy groups -OCH3 is 2. The molecule has 0 unspecified atom stereocenters. The van der Waals surface area contributed by atoms with Crippen molar-refractivity contribution in [2.45, 2.75) is 32.7 Å². The van der Waals surface area contributed by atoms with Crippen molar-refractivity contribution in [3.05, 3.63) is 82.5 Å². The quantitative estimate of drug-likeness (QED) is 0.393. The fourth-order valence-corrected chi connectivity index (χ4v) is 5.74. The van der Waals surface area contributed by atoms with Crippen LogP contribution in [0.3, 0.4) is 0 Å². The summed E-state index contributed by atoms with van der Waals surface area (Å²) in [5, 5.41) is 10.6. The van der Waals surface area contributed by atoms with Gasteiger partial charge in [-0.25, -0.2) is 9.79 Å². The van der Waals surface area contributed by atoms with Gasteiger partial charge in [0.15, 0.2) is 16.3 Å². The molecular formula is C27H26Cl2N2O6S. The highest BCUT2D eigenvalue weighted by atomic mass is 35.5. The highest BCUT2D eigenvalue weighted by molar-refractivity contribution is 7.07. The summed E-state index contributed by atoms with van der Waals surface area (Å²) in [5.41, 5.74) is 1.52. The highest BCUT2D eigenvalue weighted by Crippen LogP contribution is 2.38. The van der Waals surface area contributed by atoms with Crippen molar-refractivity contribution in [1.82, 2.24) is 4.57 Å². The second kappa shape index (κ2) is 11.6. The van der Waals surface area contributed by atoms with Gasteiger partial charge >= 0.3 is 5.97 Å². The number of ether oxygens (including phenoxy) is 3. The number of hydrogen-bond donors (Lipinski definition) is 1. The molecule has 0 radical (unpaired) electrons. The topological polar surface area (TPSA) is 99.4 Å². The Morgan fingerprint density at radius 1 is 1.16 bits per heavy atom. The van der Waals surface area contributed by atoms with Crippen LogP contribution < -0.4 is 24.4 Å². The largest absolute Gasteiger partial charge is 0.503 e. The zero-order valence-corrected chi connectivity index (χ0v) is 23.5. The second-order valence-electron chi connectivity index (χ2n) is 8.35. The number of nitrogens with zero attached hydrogens (tertiary/aromatic N) is 2. The summed E-state index contributed by atoms with van der Waals surface area (Å²) in [4.78, 5) is 32.4. The molecule has 11 heteroatoms. The smallest absolute Gasteiger partial charge is 0.338 e. The summed E-state index contributed by atoms with van der Waals surface area (Å²) >= 11 is 13.7. The number of allylic oxidation sites excluding steroid dienone is 1. The number of aromatic nitrogens is 1. The van der Waals surface area contributed by atoms with Gasteiger partial charge in [-0.05, 0) is 55.3 Å². The van der Waals surface area contributed by atoms with Crippen LogP contribution in [-0.2, 0) is 9.53 Å². The molecule has 1 atom stereocenters. The molecule has 4 rings (SSSR count). The predicted octanol–water partition coefficient (Wildman–Crippen LogP) is 4.61. The maximum atomic E-state index is 13.9. The lowest BCUT2D eigenvalue weighted by atomic mass is 9.93. The van der Waals surface area contributed by atoms with E-state index in [-0.39, 0.29) is 34.3 Å². The molecule has 0 fully saturated rings. The van der Waals surface area contributed by atoms with Crippen LogP contribution in [-0.4, -0.2) is 36.5 Å². The molecule has 0 spiro atoms. The van der Waals surface area contributed by atoms with Crippen molar-refractivity contribution in [2.24, 2.45) is 4.99 Å². The number of thiazole rings is 1. The minimum absolute atomic E-state index is 0.0831. The van der Waals surface area contributed by atoms with Crippen LogP contribution in [0.4, 0.5) is 0 Å². The van der Waals surface area contributed by atoms with Crippen molar-refractivity contribution >= 4 is 46.6 Å². The Balaban J connectivity index is 2.05. The van der Waals surface area contributed by atoms with Crippen molar-refractivity contribution in [3.63, 3.8) is 0 Å². The van der Waals surface area contributed by atoms with Gasteiger partial charge in [-0.2, -0.15) is 0 Å². The van der Waals surface area contributed by atoms with E-state index in [1.54, 1.807) is 37.3 Å². The predicted molar refractivity (Wildman–Crippen MR) is 147 cm³/mol. The van der Waals surface area contributed by atoms with Crippen molar-refractivity contribution in [2.75, 3.05) is 20.8 Å². The molecule has 2 aromatic carbocycles. The third-order valence-electron chi connectivity index (χ3n) is 5.95. The lowest BCUT2D eigenvalue weighted by Gasteiger charge is -2.27. The van der Waals surface area contributed by atoms with Gasteiger partial charge in [0.25, 0.3) is 5.56 Å². The molecule has 1 aliphatic rings. The Hall–Kier alpha value is -3.27. The highest BCUT2D eigenvalue weighted by Gasteiger charge is 2.36. The third kappa shape index (κ3) is 5.18. The van der Waals surface area contributed by atoms with E-state index in [9.17, 15) is 14.7 Å². The van der Waals surface area contributed by atoms with E-state index in [0.29, 0.717) is 43.4 Å². The van der Waals surface area contributed by atoms with Crippen molar-refractivity contribution in [3.8, 4) is 17.2 Å².